The van der Waals surface area contributed by atoms with Crippen molar-refractivity contribution in [2.24, 2.45) is 5.92 Å². The van der Waals surface area contributed by atoms with Crippen LogP contribution >= 0.6 is 11.8 Å². The Hall–Kier alpha value is -0.970. The van der Waals surface area contributed by atoms with Crippen molar-refractivity contribution >= 4 is 23.4 Å². The molecule has 0 spiro atoms. The second-order valence-corrected chi connectivity index (χ2v) is 5.74. The molecule has 1 N–H and O–H groups in total. The summed E-state index contributed by atoms with van der Waals surface area (Å²) in [6.45, 7) is 7.51. The highest BCUT2D eigenvalue weighted by atomic mass is 32.2. The highest BCUT2D eigenvalue weighted by Gasteiger charge is 2.19. The van der Waals surface area contributed by atoms with Gasteiger partial charge in [0.15, 0.2) is 5.16 Å². The van der Waals surface area contributed by atoms with Crippen LogP contribution in [0.1, 0.15) is 33.1 Å². The summed E-state index contributed by atoms with van der Waals surface area (Å²) < 4.78 is 0. The second kappa shape index (κ2) is 6.98. The van der Waals surface area contributed by atoms with E-state index in [-0.39, 0.29) is 0 Å². The molecule has 0 unspecified atom stereocenters. The molecule has 1 saturated heterocycles. The summed E-state index contributed by atoms with van der Waals surface area (Å²) in [6.07, 6.45) is 5.89. The predicted octanol–water partition coefficient (Wildman–Crippen LogP) is 3.26. The van der Waals surface area contributed by atoms with Crippen LogP contribution in [0.15, 0.2) is 11.2 Å². The molecule has 1 aromatic heterocycles. The fourth-order valence-corrected chi connectivity index (χ4v) is 2.88. The van der Waals surface area contributed by atoms with Gasteiger partial charge in [-0.1, -0.05) is 25.1 Å². The van der Waals surface area contributed by atoms with Gasteiger partial charge in [0, 0.05) is 25.7 Å². The van der Waals surface area contributed by atoms with Gasteiger partial charge in [0.25, 0.3) is 0 Å². The standard InChI is InChI=1S/C14H24N4S/c1-4-11-6-8-18(9-7-11)13-10-12(15-5-2)16-14(17-13)19-3/h10-11H,4-9H2,1-3H3,(H,15,16,17). The Kier molecular flexibility index (Phi) is 5.31. The van der Waals surface area contributed by atoms with Crippen LogP contribution in [-0.4, -0.2) is 35.9 Å². The highest BCUT2D eigenvalue weighted by molar-refractivity contribution is 7.98. The minimum absolute atomic E-state index is 0.853. The molecule has 0 atom stereocenters. The summed E-state index contributed by atoms with van der Waals surface area (Å²) in [5.41, 5.74) is 0. The van der Waals surface area contributed by atoms with Crippen molar-refractivity contribution in [1.29, 1.82) is 0 Å². The maximum Gasteiger partial charge on any atom is 0.191 e. The third kappa shape index (κ3) is 3.75. The molecule has 0 amide bonds. The Balaban J connectivity index is 2.12. The van der Waals surface area contributed by atoms with Gasteiger partial charge in [-0.2, -0.15) is 0 Å². The maximum atomic E-state index is 4.65. The summed E-state index contributed by atoms with van der Waals surface area (Å²) >= 11 is 1.60. The van der Waals surface area contributed by atoms with E-state index >= 15 is 0 Å². The topological polar surface area (TPSA) is 41.0 Å². The minimum Gasteiger partial charge on any atom is -0.370 e. The Labute approximate surface area is 120 Å². The second-order valence-electron chi connectivity index (χ2n) is 4.97. The predicted molar refractivity (Wildman–Crippen MR) is 83.2 cm³/mol. The van der Waals surface area contributed by atoms with Gasteiger partial charge in [-0.05, 0) is 31.9 Å². The largest absolute Gasteiger partial charge is 0.370 e. The molecule has 106 valence electrons. The molecule has 19 heavy (non-hydrogen) atoms. The zero-order valence-corrected chi connectivity index (χ0v) is 13.0. The molecular formula is C14H24N4S. The lowest BCUT2D eigenvalue weighted by Crippen LogP contribution is -2.34. The summed E-state index contributed by atoms with van der Waals surface area (Å²) in [7, 11) is 0. The number of nitrogens with zero attached hydrogens (tertiary/aromatic N) is 3. The molecule has 0 bridgehead atoms. The lowest BCUT2D eigenvalue weighted by molar-refractivity contribution is 0.393. The molecule has 1 aromatic rings. The molecule has 4 nitrogen and oxygen atoms in total. The van der Waals surface area contributed by atoms with Crippen molar-refractivity contribution in [2.75, 3.05) is 36.1 Å². The van der Waals surface area contributed by atoms with Gasteiger partial charge in [0.1, 0.15) is 11.6 Å². The Morgan fingerprint density at radius 1 is 1.32 bits per heavy atom. The van der Waals surface area contributed by atoms with Gasteiger partial charge in [0.05, 0.1) is 0 Å². The van der Waals surface area contributed by atoms with Gasteiger partial charge in [0.2, 0.25) is 0 Å². The fourth-order valence-electron chi connectivity index (χ4n) is 2.51. The minimum atomic E-state index is 0.853. The lowest BCUT2D eigenvalue weighted by Gasteiger charge is -2.32. The van der Waals surface area contributed by atoms with Crippen LogP contribution in [0.3, 0.4) is 0 Å². The van der Waals surface area contributed by atoms with E-state index in [2.05, 4.69) is 40.1 Å². The van der Waals surface area contributed by atoms with E-state index < -0.39 is 0 Å². The molecule has 1 aliphatic heterocycles. The average molecular weight is 280 g/mol. The average Bonchev–Trinajstić information content (AvgIpc) is 2.47. The number of rotatable bonds is 5. The molecule has 0 aromatic carbocycles. The van der Waals surface area contributed by atoms with E-state index in [1.54, 1.807) is 11.8 Å². The van der Waals surface area contributed by atoms with Gasteiger partial charge in [-0.25, -0.2) is 9.97 Å². The van der Waals surface area contributed by atoms with E-state index in [1.807, 2.05) is 6.26 Å². The smallest absolute Gasteiger partial charge is 0.191 e. The number of hydrogen-bond acceptors (Lipinski definition) is 5. The highest BCUT2D eigenvalue weighted by Crippen LogP contribution is 2.26. The molecule has 5 heteroatoms. The molecule has 2 rings (SSSR count). The first-order valence-electron chi connectivity index (χ1n) is 7.18. The van der Waals surface area contributed by atoms with Crippen molar-refractivity contribution in [3.05, 3.63) is 6.07 Å². The van der Waals surface area contributed by atoms with Crippen molar-refractivity contribution in [3.63, 3.8) is 0 Å². The van der Waals surface area contributed by atoms with E-state index in [4.69, 9.17) is 0 Å². The van der Waals surface area contributed by atoms with Gasteiger partial charge in [-0.3, -0.25) is 0 Å². The van der Waals surface area contributed by atoms with E-state index in [0.29, 0.717) is 0 Å². The maximum absolute atomic E-state index is 4.65. The number of hydrogen-bond donors (Lipinski definition) is 1. The molecule has 0 aliphatic carbocycles. The van der Waals surface area contributed by atoms with Crippen LogP contribution in [0.4, 0.5) is 11.6 Å². The summed E-state index contributed by atoms with van der Waals surface area (Å²) in [5.74, 6) is 2.91. The SMILES string of the molecule is CCNc1cc(N2CCC(CC)CC2)nc(SC)n1. The van der Waals surface area contributed by atoms with E-state index in [0.717, 1.165) is 42.3 Å². The van der Waals surface area contributed by atoms with Crippen LogP contribution in [0.2, 0.25) is 0 Å². The normalized spacial score (nSPS) is 16.7. The first-order chi connectivity index (χ1) is 9.26. The zero-order valence-electron chi connectivity index (χ0n) is 12.1. The van der Waals surface area contributed by atoms with Gasteiger partial charge >= 0.3 is 0 Å². The number of thioether (sulfide) groups is 1. The number of aromatic nitrogens is 2. The molecule has 0 saturated carbocycles. The summed E-state index contributed by atoms with van der Waals surface area (Å²) in [6, 6.07) is 2.08. The third-order valence-electron chi connectivity index (χ3n) is 3.75. The first kappa shape index (κ1) is 14.4. The Morgan fingerprint density at radius 2 is 2.05 bits per heavy atom. The first-order valence-corrected chi connectivity index (χ1v) is 8.41. The molecule has 1 fully saturated rings. The number of anilines is 2. The van der Waals surface area contributed by atoms with Crippen LogP contribution in [0.25, 0.3) is 0 Å². The third-order valence-corrected chi connectivity index (χ3v) is 4.30. The lowest BCUT2D eigenvalue weighted by atomic mass is 9.94. The summed E-state index contributed by atoms with van der Waals surface area (Å²) in [4.78, 5) is 11.5. The van der Waals surface area contributed by atoms with Gasteiger partial charge in [-0.15, -0.1) is 0 Å². The fraction of sp³-hybridized carbons (Fsp3) is 0.714. The van der Waals surface area contributed by atoms with Crippen molar-refractivity contribution in [3.8, 4) is 0 Å². The van der Waals surface area contributed by atoms with Crippen LogP contribution in [0, 0.1) is 5.92 Å². The van der Waals surface area contributed by atoms with E-state index in [1.165, 1.54) is 19.3 Å². The Morgan fingerprint density at radius 3 is 2.63 bits per heavy atom. The molecule has 1 aliphatic rings. The quantitative estimate of drug-likeness (QED) is 0.662. The van der Waals surface area contributed by atoms with Crippen LogP contribution < -0.4 is 10.2 Å². The van der Waals surface area contributed by atoms with Crippen molar-refractivity contribution in [2.45, 2.75) is 38.3 Å². The zero-order chi connectivity index (χ0) is 13.7. The molecule has 2 heterocycles. The Bertz CT molecular complexity index is 402. The van der Waals surface area contributed by atoms with Crippen molar-refractivity contribution < 1.29 is 0 Å². The van der Waals surface area contributed by atoms with Crippen LogP contribution in [-0.2, 0) is 0 Å². The monoisotopic (exact) mass is 280 g/mol. The summed E-state index contributed by atoms with van der Waals surface area (Å²) in [5, 5.41) is 4.14. The van der Waals surface area contributed by atoms with Crippen LogP contribution in [0.5, 0.6) is 0 Å². The number of piperidine rings is 1. The van der Waals surface area contributed by atoms with Crippen molar-refractivity contribution in [1.82, 2.24) is 9.97 Å². The number of nitrogens with one attached hydrogen (secondary N) is 1. The van der Waals surface area contributed by atoms with Gasteiger partial charge < -0.3 is 10.2 Å². The molecule has 0 radical (unpaired) electrons. The van der Waals surface area contributed by atoms with E-state index in [9.17, 15) is 0 Å². The molecular weight excluding hydrogens is 256 g/mol.